The van der Waals surface area contributed by atoms with E-state index in [2.05, 4.69) is 17.3 Å². The molecule has 0 aliphatic carbocycles. The molecule has 0 radical (unpaired) electrons. The summed E-state index contributed by atoms with van der Waals surface area (Å²) in [6, 6.07) is 0. The average Bonchev–Trinajstić information content (AvgIpc) is 2.27. The first-order valence-electron chi connectivity index (χ1n) is 6.47. The maximum atomic E-state index is 11.5. The van der Waals surface area contributed by atoms with Crippen molar-refractivity contribution in [3.05, 3.63) is 0 Å². The molecule has 0 spiro atoms. The second-order valence-electron chi connectivity index (χ2n) is 5.60. The lowest BCUT2D eigenvalue weighted by atomic mass is 9.94. The number of carbonyl (C=O) groups excluding carboxylic acids is 1. The molecule has 1 atom stereocenters. The monoisotopic (exact) mass is 242 g/mol. The van der Waals surface area contributed by atoms with E-state index in [-0.39, 0.29) is 5.97 Å². The predicted octanol–water partition coefficient (Wildman–Crippen LogP) is 1.26. The second kappa shape index (κ2) is 6.36. The molecular weight excluding hydrogens is 216 g/mol. The molecule has 1 fully saturated rings. The quantitative estimate of drug-likeness (QED) is 0.737. The van der Waals surface area contributed by atoms with Crippen LogP contribution in [0.3, 0.4) is 0 Å². The molecule has 0 bridgehead atoms. The molecule has 0 aromatic rings. The summed E-state index contributed by atoms with van der Waals surface area (Å²) in [5.74, 6) is 0.563. The topological polar surface area (TPSA) is 41.6 Å². The summed E-state index contributed by atoms with van der Waals surface area (Å²) in [6.45, 7) is 7.01. The molecule has 17 heavy (non-hydrogen) atoms. The molecule has 0 aromatic heterocycles. The predicted molar refractivity (Wildman–Crippen MR) is 68.9 cm³/mol. The van der Waals surface area contributed by atoms with E-state index in [1.807, 2.05) is 13.8 Å². The van der Waals surface area contributed by atoms with Gasteiger partial charge in [0.25, 0.3) is 0 Å². The molecule has 1 heterocycles. The zero-order valence-electron chi connectivity index (χ0n) is 11.6. The van der Waals surface area contributed by atoms with Crippen molar-refractivity contribution in [3.63, 3.8) is 0 Å². The van der Waals surface area contributed by atoms with Gasteiger partial charge in [0, 0.05) is 6.54 Å². The Kier molecular flexibility index (Phi) is 5.40. The molecule has 1 aliphatic rings. The lowest BCUT2D eigenvalue weighted by molar-refractivity contribution is -0.147. The van der Waals surface area contributed by atoms with E-state index in [1.165, 1.54) is 33.0 Å². The van der Waals surface area contributed by atoms with Gasteiger partial charge in [-0.1, -0.05) is 0 Å². The number of ether oxygens (including phenoxy) is 1. The minimum Gasteiger partial charge on any atom is -0.468 e. The molecule has 1 rings (SSSR count). The standard InChI is InChI=1S/C13H26N2O2/c1-13(2,12(16)17-4)14-8-7-11-6-5-9-15(3)10-11/h11,14H,5-10H2,1-4H3. The first-order chi connectivity index (χ1) is 7.95. The van der Waals surface area contributed by atoms with Gasteiger partial charge in [0.2, 0.25) is 0 Å². The van der Waals surface area contributed by atoms with Crippen molar-refractivity contribution >= 4 is 5.97 Å². The highest BCUT2D eigenvalue weighted by Gasteiger charge is 2.28. The van der Waals surface area contributed by atoms with Crippen molar-refractivity contribution in [2.45, 2.75) is 38.6 Å². The molecule has 1 unspecified atom stereocenters. The first kappa shape index (κ1) is 14.5. The zero-order valence-corrected chi connectivity index (χ0v) is 11.6. The van der Waals surface area contributed by atoms with E-state index in [1.54, 1.807) is 0 Å². The lowest BCUT2D eigenvalue weighted by Crippen LogP contribution is -2.48. The number of methoxy groups -OCH3 is 1. The summed E-state index contributed by atoms with van der Waals surface area (Å²) >= 11 is 0. The fourth-order valence-electron chi connectivity index (χ4n) is 2.42. The van der Waals surface area contributed by atoms with Crippen molar-refractivity contribution in [1.29, 1.82) is 0 Å². The van der Waals surface area contributed by atoms with Gasteiger partial charge in [-0.3, -0.25) is 4.79 Å². The highest BCUT2D eigenvalue weighted by Crippen LogP contribution is 2.18. The SMILES string of the molecule is COC(=O)C(C)(C)NCCC1CCCN(C)C1. The van der Waals surface area contributed by atoms with Gasteiger partial charge in [0.05, 0.1) is 7.11 Å². The van der Waals surface area contributed by atoms with E-state index >= 15 is 0 Å². The minimum atomic E-state index is -0.574. The summed E-state index contributed by atoms with van der Waals surface area (Å²) in [4.78, 5) is 13.9. The van der Waals surface area contributed by atoms with Gasteiger partial charge in [-0.15, -0.1) is 0 Å². The number of rotatable bonds is 5. The number of nitrogens with zero attached hydrogens (tertiary/aromatic N) is 1. The summed E-state index contributed by atoms with van der Waals surface area (Å²) in [6.07, 6.45) is 3.73. The van der Waals surface area contributed by atoms with Crippen LogP contribution in [0.5, 0.6) is 0 Å². The Bertz CT molecular complexity index is 254. The second-order valence-corrected chi connectivity index (χ2v) is 5.60. The van der Waals surface area contributed by atoms with Gasteiger partial charge in [0.1, 0.15) is 5.54 Å². The largest absolute Gasteiger partial charge is 0.468 e. The molecule has 1 aliphatic heterocycles. The molecule has 0 amide bonds. The van der Waals surface area contributed by atoms with E-state index in [9.17, 15) is 4.79 Å². The summed E-state index contributed by atoms with van der Waals surface area (Å²) in [5, 5.41) is 3.28. The van der Waals surface area contributed by atoms with Crippen LogP contribution < -0.4 is 5.32 Å². The van der Waals surface area contributed by atoms with Crippen LogP contribution in [-0.2, 0) is 9.53 Å². The van der Waals surface area contributed by atoms with Crippen molar-refractivity contribution in [3.8, 4) is 0 Å². The fourth-order valence-corrected chi connectivity index (χ4v) is 2.42. The normalized spacial score (nSPS) is 22.5. The number of esters is 1. The number of hydrogen-bond donors (Lipinski definition) is 1. The Morgan fingerprint density at radius 1 is 1.53 bits per heavy atom. The lowest BCUT2D eigenvalue weighted by Gasteiger charge is -2.31. The highest BCUT2D eigenvalue weighted by molar-refractivity contribution is 5.79. The molecule has 100 valence electrons. The van der Waals surface area contributed by atoms with Crippen molar-refractivity contribution < 1.29 is 9.53 Å². The van der Waals surface area contributed by atoms with E-state index in [4.69, 9.17) is 4.74 Å². The van der Waals surface area contributed by atoms with Gasteiger partial charge in [-0.25, -0.2) is 0 Å². The van der Waals surface area contributed by atoms with E-state index in [0.29, 0.717) is 0 Å². The molecule has 4 nitrogen and oxygen atoms in total. The highest BCUT2D eigenvalue weighted by atomic mass is 16.5. The molecule has 1 saturated heterocycles. The Hall–Kier alpha value is -0.610. The smallest absolute Gasteiger partial charge is 0.325 e. The Labute approximate surface area is 105 Å². The maximum Gasteiger partial charge on any atom is 0.325 e. The number of nitrogens with one attached hydrogen (secondary N) is 1. The Morgan fingerprint density at radius 2 is 2.24 bits per heavy atom. The third-order valence-corrected chi connectivity index (χ3v) is 3.54. The van der Waals surface area contributed by atoms with Crippen LogP contribution in [0.2, 0.25) is 0 Å². The average molecular weight is 242 g/mol. The molecular formula is C13H26N2O2. The van der Waals surface area contributed by atoms with Gasteiger partial charge in [0.15, 0.2) is 0 Å². The summed E-state index contributed by atoms with van der Waals surface area (Å²) in [5.41, 5.74) is -0.574. The Morgan fingerprint density at radius 3 is 2.82 bits per heavy atom. The van der Waals surface area contributed by atoms with Crippen molar-refractivity contribution in [1.82, 2.24) is 10.2 Å². The number of carbonyl (C=O) groups is 1. The number of hydrogen-bond acceptors (Lipinski definition) is 4. The van der Waals surface area contributed by atoms with Gasteiger partial charge >= 0.3 is 5.97 Å². The fraction of sp³-hybridized carbons (Fsp3) is 0.923. The van der Waals surface area contributed by atoms with Crippen molar-refractivity contribution in [2.75, 3.05) is 33.8 Å². The van der Waals surface area contributed by atoms with Crippen LogP contribution in [0.15, 0.2) is 0 Å². The third kappa shape index (κ3) is 4.64. The molecule has 0 saturated carbocycles. The number of piperidine rings is 1. The van der Waals surface area contributed by atoms with Gasteiger partial charge < -0.3 is 15.0 Å². The van der Waals surface area contributed by atoms with Crippen LogP contribution in [0, 0.1) is 5.92 Å². The van der Waals surface area contributed by atoms with Crippen LogP contribution in [0.25, 0.3) is 0 Å². The van der Waals surface area contributed by atoms with E-state index < -0.39 is 5.54 Å². The Balaban J connectivity index is 2.25. The molecule has 0 aromatic carbocycles. The van der Waals surface area contributed by atoms with Gasteiger partial charge in [-0.05, 0) is 59.2 Å². The van der Waals surface area contributed by atoms with Crippen molar-refractivity contribution in [2.24, 2.45) is 5.92 Å². The van der Waals surface area contributed by atoms with Crippen LogP contribution >= 0.6 is 0 Å². The minimum absolute atomic E-state index is 0.196. The van der Waals surface area contributed by atoms with Crippen LogP contribution in [0.4, 0.5) is 0 Å². The van der Waals surface area contributed by atoms with E-state index in [0.717, 1.165) is 18.9 Å². The summed E-state index contributed by atoms with van der Waals surface area (Å²) in [7, 11) is 3.61. The third-order valence-electron chi connectivity index (χ3n) is 3.54. The summed E-state index contributed by atoms with van der Waals surface area (Å²) < 4.78 is 4.76. The van der Waals surface area contributed by atoms with Crippen LogP contribution in [-0.4, -0.2) is 50.2 Å². The number of likely N-dealkylation sites (tertiary alicyclic amines) is 1. The van der Waals surface area contributed by atoms with Gasteiger partial charge in [-0.2, -0.15) is 0 Å². The van der Waals surface area contributed by atoms with Crippen LogP contribution in [0.1, 0.15) is 33.1 Å². The maximum absolute atomic E-state index is 11.5. The zero-order chi connectivity index (χ0) is 12.9. The molecule has 1 N–H and O–H groups in total. The first-order valence-corrected chi connectivity index (χ1v) is 6.47. The molecule has 4 heteroatoms.